The van der Waals surface area contributed by atoms with Crippen molar-refractivity contribution in [2.75, 3.05) is 0 Å². The lowest BCUT2D eigenvalue weighted by molar-refractivity contribution is 0.791. The van der Waals surface area contributed by atoms with Gasteiger partial charge in [0, 0.05) is 11.3 Å². The highest BCUT2D eigenvalue weighted by Gasteiger charge is 2.09. The lowest BCUT2D eigenvalue weighted by Gasteiger charge is -1.97. The van der Waals surface area contributed by atoms with Gasteiger partial charge in [0.15, 0.2) is 0 Å². The van der Waals surface area contributed by atoms with Gasteiger partial charge in [-0.1, -0.05) is 12.2 Å². The quantitative estimate of drug-likeness (QED) is 0.350. The molecule has 0 bridgehead atoms. The minimum absolute atomic E-state index is 0.266. The Morgan fingerprint density at radius 3 is 2.43 bits per heavy atom. The molecule has 2 N–H and O–H groups in total. The van der Waals surface area contributed by atoms with Gasteiger partial charge in [-0.2, -0.15) is 12.6 Å². The van der Waals surface area contributed by atoms with Crippen molar-refractivity contribution < 1.29 is 0 Å². The van der Waals surface area contributed by atoms with E-state index in [1.807, 2.05) is 12.2 Å². The maximum Gasteiger partial charge on any atom is 0.0237 e. The summed E-state index contributed by atoms with van der Waals surface area (Å²) in [5.41, 5.74) is 5.49. The van der Waals surface area contributed by atoms with Gasteiger partial charge in [0.2, 0.25) is 0 Å². The molecular formula is C5H9NS. The fourth-order valence-corrected chi connectivity index (χ4v) is 1.05. The first-order valence-corrected chi connectivity index (χ1v) is 2.92. The van der Waals surface area contributed by atoms with Gasteiger partial charge in [-0.15, -0.1) is 0 Å². The molecule has 0 aliphatic heterocycles. The molecule has 1 nitrogen and oxygen atoms in total. The molecule has 0 aromatic carbocycles. The first-order chi connectivity index (χ1) is 3.29. The lowest BCUT2D eigenvalue weighted by atomic mass is 10.3. The van der Waals surface area contributed by atoms with Gasteiger partial charge in [0.25, 0.3) is 0 Å². The predicted octanol–water partition coefficient (Wildman–Crippen LogP) is 0.572. The van der Waals surface area contributed by atoms with E-state index in [2.05, 4.69) is 12.6 Å². The fraction of sp³-hybridized carbons (Fsp3) is 0.600. The van der Waals surface area contributed by atoms with E-state index in [0.29, 0.717) is 5.25 Å². The van der Waals surface area contributed by atoms with Gasteiger partial charge >= 0.3 is 0 Å². The SMILES string of the molecule is NC1C=CC(S)C1. The molecule has 0 saturated carbocycles. The average molecular weight is 115 g/mol. The van der Waals surface area contributed by atoms with Crippen LogP contribution in [0.5, 0.6) is 0 Å². The molecule has 2 atom stereocenters. The van der Waals surface area contributed by atoms with Crippen LogP contribution in [0.25, 0.3) is 0 Å². The zero-order valence-corrected chi connectivity index (χ0v) is 4.94. The molecule has 2 heteroatoms. The van der Waals surface area contributed by atoms with Crippen LogP contribution in [0.1, 0.15) is 6.42 Å². The van der Waals surface area contributed by atoms with Gasteiger partial charge in [-0.25, -0.2) is 0 Å². The third-order valence-corrected chi connectivity index (χ3v) is 1.48. The van der Waals surface area contributed by atoms with Crippen LogP contribution in [-0.2, 0) is 0 Å². The highest BCUT2D eigenvalue weighted by Crippen LogP contribution is 2.12. The Bertz CT molecular complexity index is 80.1. The number of nitrogens with two attached hydrogens (primary N) is 1. The molecule has 2 unspecified atom stereocenters. The topological polar surface area (TPSA) is 26.0 Å². The number of hydrogen-bond donors (Lipinski definition) is 2. The van der Waals surface area contributed by atoms with Crippen LogP contribution in [-0.4, -0.2) is 11.3 Å². The lowest BCUT2D eigenvalue weighted by Crippen LogP contribution is -2.14. The zero-order chi connectivity index (χ0) is 5.28. The van der Waals surface area contributed by atoms with Gasteiger partial charge in [-0.3, -0.25) is 0 Å². The van der Waals surface area contributed by atoms with E-state index in [0.717, 1.165) is 6.42 Å². The number of hydrogen-bond acceptors (Lipinski definition) is 2. The van der Waals surface area contributed by atoms with Gasteiger partial charge in [0.1, 0.15) is 0 Å². The Labute approximate surface area is 49.0 Å². The molecule has 7 heavy (non-hydrogen) atoms. The van der Waals surface area contributed by atoms with Crippen LogP contribution in [0.15, 0.2) is 12.2 Å². The summed E-state index contributed by atoms with van der Waals surface area (Å²) in [6.07, 6.45) is 5.04. The zero-order valence-electron chi connectivity index (χ0n) is 4.04. The molecule has 0 heterocycles. The van der Waals surface area contributed by atoms with Crippen molar-refractivity contribution in [3.05, 3.63) is 12.2 Å². The standard InChI is InChI=1S/C5H9NS/c6-4-1-2-5(7)3-4/h1-2,4-5,7H,3,6H2. The van der Waals surface area contributed by atoms with Crippen molar-refractivity contribution in [1.82, 2.24) is 0 Å². The summed E-state index contributed by atoms with van der Waals surface area (Å²) in [4.78, 5) is 0. The summed E-state index contributed by atoms with van der Waals surface area (Å²) >= 11 is 4.18. The molecule has 40 valence electrons. The van der Waals surface area contributed by atoms with Gasteiger partial charge < -0.3 is 5.73 Å². The van der Waals surface area contributed by atoms with E-state index in [1.165, 1.54) is 0 Å². The molecule has 0 aromatic heterocycles. The Hall–Kier alpha value is 0.0500. The normalized spacial score (nSPS) is 39.7. The van der Waals surface area contributed by atoms with Crippen LogP contribution in [0.3, 0.4) is 0 Å². The summed E-state index contributed by atoms with van der Waals surface area (Å²) < 4.78 is 0. The van der Waals surface area contributed by atoms with E-state index in [1.54, 1.807) is 0 Å². The van der Waals surface area contributed by atoms with Crippen molar-refractivity contribution in [1.29, 1.82) is 0 Å². The first-order valence-electron chi connectivity index (χ1n) is 2.41. The van der Waals surface area contributed by atoms with Crippen LogP contribution >= 0.6 is 12.6 Å². The summed E-state index contributed by atoms with van der Waals surface area (Å²) in [7, 11) is 0. The minimum Gasteiger partial charge on any atom is -0.324 e. The van der Waals surface area contributed by atoms with E-state index in [-0.39, 0.29) is 6.04 Å². The molecule has 1 aliphatic carbocycles. The molecule has 0 fully saturated rings. The first kappa shape index (κ1) is 5.19. The highest BCUT2D eigenvalue weighted by atomic mass is 32.1. The molecule has 1 aliphatic rings. The molecule has 0 radical (unpaired) electrons. The second-order valence-corrected chi connectivity index (χ2v) is 2.52. The Morgan fingerprint density at radius 1 is 1.57 bits per heavy atom. The second-order valence-electron chi connectivity index (χ2n) is 1.85. The van der Waals surface area contributed by atoms with E-state index < -0.39 is 0 Å². The maximum atomic E-state index is 5.49. The van der Waals surface area contributed by atoms with E-state index >= 15 is 0 Å². The smallest absolute Gasteiger partial charge is 0.0237 e. The fourth-order valence-electron chi connectivity index (χ4n) is 0.707. The molecule has 1 rings (SSSR count). The van der Waals surface area contributed by atoms with Crippen LogP contribution in [0, 0.1) is 0 Å². The van der Waals surface area contributed by atoms with Crippen LogP contribution in [0.2, 0.25) is 0 Å². The van der Waals surface area contributed by atoms with Crippen molar-refractivity contribution in [3.63, 3.8) is 0 Å². The monoisotopic (exact) mass is 115 g/mol. The second kappa shape index (κ2) is 1.88. The predicted molar refractivity (Wildman–Crippen MR) is 34.5 cm³/mol. The van der Waals surface area contributed by atoms with Gasteiger partial charge in [-0.05, 0) is 6.42 Å². The number of thiol groups is 1. The van der Waals surface area contributed by atoms with Crippen molar-refractivity contribution in [3.8, 4) is 0 Å². The minimum atomic E-state index is 0.266. The molecule has 0 amide bonds. The summed E-state index contributed by atoms with van der Waals surface area (Å²) in [6, 6.07) is 0.266. The maximum absolute atomic E-state index is 5.49. The van der Waals surface area contributed by atoms with Gasteiger partial charge in [0.05, 0.1) is 0 Å². The third kappa shape index (κ3) is 1.21. The molecular weight excluding hydrogens is 106 g/mol. The Morgan fingerprint density at radius 2 is 2.29 bits per heavy atom. The molecule has 0 spiro atoms. The largest absolute Gasteiger partial charge is 0.324 e. The summed E-state index contributed by atoms with van der Waals surface area (Å²) in [5.74, 6) is 0. The number of rotatable bonds is 0. The Balaban J connectivity index is 2.42. The van der Waals surface area contributed by atoms with Crippen LogP contribution in [0.4, 0.5) is 0 Å². The van der Waals surface area contributed by atoms with Crippen molar-refractivity contribution in [2.45, 2.75) is 17.7 Å². The van der Waals surface area contributed by atoms with Crippen molar-refractivity contribution in [2.24, 2.45) is 5.73 Å². The van der Waals surface area contributed by atoms with E-state index in [4.69, 9.17) is 5.73 Å². The highest BCUT2D eigenvalue weighted by molar-refractivity contribution is 7.81. The third-order valence-electron chi connectivity index (χ3n) is 1.09. The molecule has 0 aromatic rings. The summed E-state index contributed by atoms with van der Waals surface area (Å²) in [6.45, 7) is 0. The van der Waals surface area contributed by atoms with Crippen molar-refractivity contribution >= 4 is 12.6 Å². The van der Waals surface area contributed by atoms with E-state index in [9.17, 15) is 0 Å². The average Bonchev–Trinajstić information content (AvgIpc) is 1.87. The molecule has 0 saturated heterocycles. The van der Waals surface area contributed by atoms with Crippen LogP contribution < -0.4 is 5.73 Å². The summed E-state index contributed by atoms with van der Waals surface area (Å²) in [5, 5.41) is 0.412. The Kier molecular flexibility index (Phi) is 1.40.